The maximum Gasteiger partial charge on any atom is 0.270 e. The Balaban J connectivity index is 1.84. The number of carbonyl (C=O) groups excluding carboxylic acids is 1. The highest BCUT2D eigenvalue weighted by Gasteiger charge is 2.36. The molecule has 1 atom stereocenters. The number of aromatic nitrogens is 2. The zero-order chi connectivity index (χ0) is 17.4. The van der Waals surface area contributed by atoms with E-state index < -0.39 is 0 Å². The number of nitrogens with one attached hydrogen (secondary N) is 2. The summed E-state index contributed by atoms with van der Waals surface area (Å²) in [5, 5.41) is 10.3. The second-order valence-electron chi connectivity index (χ2n) is 5.74. The Hall–Kier alpha value is -3.28. The molecule has 0 radical (unpaired) electrons. The molecule has 25 heavy (non-hydrogen) atoms. The summed E-state index contributed by atoms with van der Waals surface area (Å²) in [5.41, 5.74) is 3.87. The van der Waals surface area contributed by atoms with Gasteiger partial charge in [-0.2, -0.15) is 5.10 Å². The van der Waals surface area contributed by atoms with E-state index in [1.54, 1.807) is 14.2 Å². The van der Waals surface area contributed by atoms with Crippen molar-refractivity contribution in [3.63, 3.8) is 0 Å². The molecule has 1 aliphatic rings. The van der Waals surface area contributed by atoms with Gasteiger partial charge in [0, 0.05) is 16.7 Å². The van der Waals surface area contributed by atoms with E-state index in [1.807, 2.05) is 48.5 Å². The third-order valence-electron chi connectivity index (χ3n) is 4.41. The van der Waals surface area contributed by atoms with Crippen LogP contribution in [0.3, 0.4) is 0 Å². The maximum atomic E-state index is 12.4. The molecule has 1 aromatic heterocycles. The minimum atomic E-state index is -0.311. The van der Waals surface area contributed by atoms with Crippen LogP contribution in [0.15, 0.2) is 48.5 Å². The molecule has 3 aromatic rings. The van der Waals surface area contributed by atoms with Crippen LogP contribution in [0.2, 0.25) is 0 Å². The van der Waals surface area contributed by atoms with Crippen LogP contribution in [-0.2, 0) is 0 Å². The van der Waals surface area contributed by atoms with Gasteiger partial charge in [-0.05, 0) is 30.3 Å². The van der Waals surface area contributed by atoms with Gasteiger partial charge in [0.2, 0.25) is 0 Å². The first-order valence-electron chi connectivity index (χ1n) is 7.89. The monoisotopic (exact) mass is 335 g/mol. The number of hydrogen-bond donors (Lipinski definition) is 2. The highest BCUT2D eigenvalue weighted by molar-refractivity contribution is 6.00. The molecule has 0 saturated carbocycles. The summed E-state index contributed by atoms with van der Waals surface area (Å²) >= 11 is 0. The molecule has 6 heteroatoms. The van der Waals surface area contributed by atoms with Crippen molar-refractivity contribution in [2.24, 2.45) is 0 Å². The standard InChI is InChI=1S/C19H17N3O3/c1-24-12-9-7-11(8-10-12)16-15-17(20-19(23)18(15)22-21-16)13-5-3-4-6-14(13)25-2/h3-10,17H,1-2H3,(H,20,23)(H,21,22)/t17-/m1/s1. The fourth-order valence-electron chi connectivity index (χ4n) is 3.19. The van der Waals surface area contributed by atoms with Crippen LogP contribution in [0.4, 0.5) is 0 Å². The molecule has 6 nitrogen and oxygen atoms in total. The Morgan fingerprint density at radius 2 is 1.76 bits per heavy atom. The first kappa shape index (κ1) is 15.3. The van der Waals surface area contributed by atoms with E-state index in [-0.39, 0.29) is 11.9 Å². The van der Waals surface area contributed by atoms with Gasteiger partial charge in [-0.1, -0.05) is 18.2 Å². The van der Waals surface area contributed by atoms with Crippen LogP contribution in [0.5, 0.6) is 11.5 Å². The number of methoxy groups -OCH3 is 2. The summed E-state index contributed by atoms with van der Waals surface area (Å²) in [4.78, 5) is 12.4. The lowest BCUT2D eigenvalue weighted by molar-refractivity contribution is 0.0955. The predicted molar refractivity (Wildman–Crippen MR) is 92.9 cm³/mol. The summed E-state index contributed by atoms with van der Waals surface area (Å²) in [6.07, 6.45) is 0. The van der Waals surface area contributed by atoms with E-state index in [1.165, 1.54) is 0 Å². The van der Waals surface area contributed by atoms with E-state index in [0.29, 0.717) is 5.69 Å². The number of rotatable bonds is 4. The van der Waals surface area contributed by atoms with E-state index in [9.17, 15) is 4.79 Å². The summed E-state index contributed by atoms with van der Waals surface area (Å²) in [7, 11) is 3.25. The van der Waals surface area contributed by atoms with Crippen LogP contribution < -0.4 is 14.8 Å². The molecule has 2 aromatic carbocycles. The first-order valence-corrected chi connectivity index (χ1v) is 7.89. The molecule has 1 amide bonds. The Bertz CT molecular complexity index is 931. The number of amides is 1. The van der Waals surface area contributed by atoms with Crippen LogP contribution >= 0.6 is 0 Å². The lowest BCUT2D eigenvalue weighted by Gasteiger charge is -2.16. The average molecular weight is 335 g/mol. The smallest absolute Gasteiger partial charge is 0.270 e. The third kappa shape index (κ3) is 2.42. The van der Waals surface area contributed by atoms with Gasteiger partial charge in [0.05, 0.1) is 26.0 Å². The van der Waals surface area contributed by atoms with E-state index in [4.69, 9.17) is 9.47 Å². The van der Waals surface area contributed by atoms with Gasteiger partial charge in [0.15, 0.2) is 0 Å². The predicted octanol–water partition coefficient (Wildman–Crippen LogP) is 2.93. The summed E-state index contributed by atoms with van der Waals surface area (Å²) < 4.78 is 10.7. The molecular weight excluding hydrogens is 318 g/mol. The molecule has 2 heterocycles. The molecule has 0 bridgehead atoms. The fourth-order valence-corrected chi connectivity index (χ4v) is 3.19. The number of nitrogens with zero attached hydrogens (tertiary/aromatic N) is 1. The number of fused-ring (bicyclic) bond motifs is 1. The Labute approximate surface area is 144 Å². The number of aromatic amines is 1. The second-order valence-corrected chi connectivity index (χ2v) is 5.74. The number of benzene rings is 2. The number of H-pyrrole nitrogens is 1. The van der Waals surface area contributed by atoms with Crippen LogP contribution in [0.25, 0.3) is 11.3 Å². The quantitative estimate of drug-likeness (QED) is 0.769. The van der Waals surface area contributed by atoms with Gasteiger partial charge in [-0.25, -0.2) is 0 Å². The minimum absolute atomic E-state index is 0.168. The van der Waals surface area contributed by atoms with Crippen LogP contribution in [-0.4, -0.2) is 30.3 Å². The Morgan fingerprint density at radius 1 is 1.00 bits per heavy atom. The van der Waals surface area contributed by atoms with Gasteiger partial charge >= 0.3 is 0 Å². The van der Waals surface area contributed by atoms with Gasteiger partial charge in [0.1, 0.15) is 17.2 Å². The number of ether oxygens (including phenoxy) is 2. The van der Waals surface area contributed by atoms with Crippen molar-refractivity contribution < 1.29 is 14.3 Å². The van der Waals surface area contributed by atoms with Crippen molar-refractivity contribution in [2.45, 2.75) is 6.04 Å². The summed E-state index contributed by atoms with van der Waals surface area (Å²) in [6, 6.07) is 15.0. The average Bonchev–Trinajstić information content (AvgIpc) is 3.23. The number of para-hydroxylation sites is 1. The van der Waals surface area contributed by atoms with Crippen LogP contribution in [0.1, 0.15) is 27.7 Å². The largest absolute Gasteiger partial charge is 0.497 e. The van der Waals surface area contributed by atoms with E-state index >= 15 is 0 Å². The second kappa shape index (κ2) is 5.98. The van der Waals surface area contributed by atoms with E-state index in [2.05, 4.69) is 15.5 Å². The van der Waals surface area contributed by atoms with Gasteiger partial charge in [-0.15, -0.1) is 0 Å². The van der Waals surface area contributed by atoms with Crippen molar-refractivity contribution in [2.75, 3.05) is 14.2 Å². The van der Waals surface area contributed by atoms with Crippen molar-refractivity contribution in [3.05, 3.63) is 65.4 Å². The maximum absolute atomic E-state index is 12.4. The van der Waals surface area contributed by atoms with Crippen molar-refractivity contribution in [1.82, 2.24) is 15.5 Å². The molecule has 0 saturated heterocycles. The Morgan fingerprint density at radius 3 is 2.48 bits per heavy atom. The normalized spacial score (nSPS) is 15.6. The fraction of sp³-hybridized carbons (Fsp3) is 0.158. The van der Waals surface area contributed by atoms with E-state index in [0.717, 1.165) is 33.9 Å². The van der Waals surface area contributed by atoms with Crippen molar-refractivity contribution in [3.8, 4) is 22.8 Å². The zero-order valence-electron chi connectivity index (χ0n) is 13.9. The molecule has 126 valence electrons. The lowest BCUT2D eigenvalue weighted by atomic mass is 9.96. The van der Waals surface area contributed by atoms with Gasteiger partial charge in [-0.3, -0.25) is 9.89 Å². The summed E-state index contributed by atoms with van der Waals surface area (Å²) in [5.74, 6) is 1.33. The van der Waals surface area contributed by atoms with Gasteiger partial charge in [0.25, 0.3) is 5.91 Å². The Kier molecular flexibility index (Phi) is 3.65. The molecule has 0 aliphatic carbocycles. The van der Waals surface area contributed by atoms with Crippen molar-refractivity contribution in [1.29, 1.82) is 0 Å². The molecule has 1 aliphatic heterocycles. The molecule has 2 N–H and O–H groups in total. The molecular formula is C19H17N3O3. The molecule has 0 fully saturated rings. The zero-order valence-corrected chi connectivity index (χ0v) is 13.9. The van der Waals surface area contributed by atoms with Crippen LogP contribution in [0, 0.1) is 0 Å². The van der Waals surface area contributed by atoms with Gasteiger partial charge < -0.3 is 14.8 Å². The highest BCUT2D eigenvalue weighted by atomic mass is 16.5. The van der Waals surface area contributed by atoms with Crippen molar-refractivity contribution >= 4 is 5.91 Å². The number of carbonyl (C=O) groups is 1. The lowest BCUT2D eigenvalue weighted by Crippen LogP contribution is -2.21. The molecule has 4 rings (SSSR count). The molecule has 0 spiro atoms. The topological polar surface area (TPSA) is 76.2 Å². The first-order chi connectivity index (χ1) is 12.2. The molecule has 0 unspecified atom stereocenters. The minimum Gasteiger partial charge on any atom is -0.497 e. The SMILES string of the molecule is COc1ccc(-c2n[nH]c3c2[C@@H](c2ccccc2OC)NC3=O)cc1. The highest BCUT2D eigenvalue weighted by Crippen LogP contribution is 2.40. The third-order valence-corrected chi connectivity index (χ3v) is 4.41. The number of hydrogen-bond acceptors (Lipinski definition) is 4. The summed E-state index contributed by atoms with van der Waals surface area (Å²) in [6.45, 7) is 0.